The van der Waals surface area contributed by atoms with E-state index in [1.807, 2.05) is 0 Å². The highest BCUT2D eigenvalue weighted by Crippen LogP contribution is 2.42. The van der Waals surface area contributed by atoms with Crippen LogP contribution in [0.25, 0.3) is 11.0 Å². The van der Waals surface area contributed by atoms with E-state index in [0.717, 1.165) is 6.07 Å². The average Bonchev–Trinajstić information content (AvgIpc) is 3.00. The Balaban J connectivity index is 1.86. The van der Waals surface area contributed by atoms with Crippen LogP contribution < -0.4 is 9.47 Å². The van der Waals surface area contributed by atoms with Crippen molar-refractivity contribution in [1.29, 1.82) is 0 Å². The van der Waals surface area contributed by atoms with E-state index in [1.165, 1.54) is 11.0 Å². The van der Waals surface area contributed by atoms with Gasteiger partial charge in [-0.25, -0.2) is 13.8 Å². The fourth-order valence-corrected chi connectivity index (χ4v) is 3.42. The number of ether oxygens (including phenoxy) is 2. The average molecular weight is 403 g/mol. The van der Waals surface area contributed by atoms with Crippen molar-refractivity contribution in [1.82, 2.24) is 14.9 Å². The summed E-state index contributed by atoms with van der Waals surface area (Å²) in [5.74, 6) is -3.68. The summed E-state index contributed by atoms with van der Waals surface area (Å²) in [6, 6.07) is 4.72. The number of carbonyl (C=O) groups excluding carboxylic acids is 1. The molecule has 0 saturated heterocycles. The van der Waals surface area contributed by atoms with Crippen LogP contribution in [0.1, 0.15) is 28.2 Å². The molecule has 1 aliphatic rings. The molecule has 0 fully saturated rings. The normalized spacial score (nSPS) is 18.3. The molecule has 152 valence electrons. The Kier molecular flexibility index (Phi) is 4.42. The number of aryl methyl sites for hydroxylation is 1. The third-order valence-corrected chi connectivity index (χ3v) is 4.71. The second-order valence-electron chi connectivity index (χ2n) is 7.14. The molecule has 2 N–H and O–H groups in total. The topological polar surface area (TPSA) is 87.7 Å². The van der Waals surface area contributed by atoms with Crippen LogP contribution in [0.2, 0.25) is 0 Å². The predicted octanol–water partition coefficient (Wildman–Crippen LogP) is 2.86. The van der Waals surface area contributed by atoms with Gasteiger partial charge in [0.25, 0.3) is 5.91 Å². The molecule has 3 aromatic rings. The third kappa shape index (κ3) is 3.27. The van der Waals surface area contributed by atoms with E-state index < -0.39 is 17.4 Å². The number of H-pyrrole nitrogens is 1. The fraction of sp³-hybridized carbons (Fsp3) is 0.300. The van der Waals surface area contributed by atoms with E-state index in [1.54, 1.807) is 27.1 Å². The molecule has 0 radical (unpaired) electrons. The lowest BCUT2D eigenvalue weighted by molar-refractivity contribution is -0.166. The van der Waals surface area contributed by atoms with Crippen LogP contribution in [0.15, 0.2) is 24.3 Å². The molecule has 9 heteroatoms. The number of hydrogen-bond donors (Lipinski definition) is 2. The molecule has 1 atom stereocenters. The lowest BCUT2D eigenvalue weighted by Crippen LogP contribution is -2.39. The molecule has 7 nitrogen and oxygen atoms in total. The molecule has 0 bridgehead atoms. The number of nitrogens with zero attached hydrogens (tertiary/aromatic N) is 2. The van der Waals surface area contributed by atoms with E-state index in [0.29, 0.717) is 28.5 Å². The summed E-state index contributed by atoms with van der Waals surface area (Å²) in [5, 5.41) is 11.2. The van der Waals surface area contributed by atoms with Gasteiger partial charge in [-0.05, 0) is 19.1 Å². The number of aliphatic hydroxyl groups is 1. The minimum absolute atomic E-state index is 0.00848. The van der Waals surface area contributed by atoms with Crippen molar-refractivity contribution in [3.05, 3.63) is 52.9 Å². The molecule has 2 aromatic carbocycles. The Morgan fingerprint density at radius 3 is 2.79 bits per heavy atom. The first-order valence-electron chi connectivity index (χ1n) is 8.93. The van der Waals surface area contributed by atoms with Gasteiger partial charge in [-0.15, -0.1) is 0 Å². The minimum atomic E-state index is -2.12. The fourth-order valence-electron chi connectivity index (χ4n) is 3.42. The van der Waals surface area contributed by atoms with Gasteiger partial charge in [0.1, 0.15) is 34.3 Å². The molecule has 0 saturated carbocycles. The Bertz CT molecular complexity index is 1130. The number of amides is 1. The van der Waals surface area contributed by atoms with Gasteiger partial charge in [-0.1, -0.05) is 0 Å². The number of imidazole rings is 1. The molecular formula is C20H19F2N3O4. The van der Waals surface area contributed by atoms with Crippen LogP contribution in [-0.4, -0.2) is 46.6 Å². The first-order valence-corrected chi connectivity index (χ1v) is 8.93. The zero-order chi connectivity index (χ0) is 20.9. The van der Waals surface area contributed by atoms with Crippen molar-refractivity contribution in [3.8, 4) is 11.5 Å². The number of halogens is 2. The summed E-state index contributed by atoms with van der Waals surface area (Å²) in [4.78, 5) is 21.2. The Morgan fingerprint density at radius 1 is 1.31 bits per heavy atom. The van der Waals surface area contributed by atoms with E-state index in [2.05, 4.69) is 9.97 Å². The summed E-state index contributed by atoms with van der Waals surface area (Å²) < 4.78 is 39.2. The number of aromatic nitrogens is 2. The van der Waals surface area contributed by atoms with Crippen molar-refractivity contribution in [2.75, 3.05) is 20.7 Å². The summed E-state index contributed by atoms with van der Waals surface area (Å²) in [5.41, 5.74) is 0.911. The van der Waals surface area contributed by atoms with Gasteiger partial charge < -0.3 is 24.5 Å². The van der Waals surface area contributed by atoms with E-state index in [4.69, 9.17) is 9.47 Å². The van der Waals surface area contributed by atoms with Crippen LogP contribution >= 0.6 is 0 Å². The maximum absolute atomic E-state index is 14.5. The van der Waals surface area contributed by atoms with Gasteiger partial charge in [-0.3, -0.25) is 4.79 Å². The molecule has 2 heterocycles. The smallest absolute Gasteiger partial charge is 0.253 e. The van der Waals surface area contributed by atoms with Crippen LogP contribution in [0.4, 0.5) is 8.78 Å². The lowest BCUT2D eigenvalue weighted by atomic mass is 9.98. The quantitative estimate of drug-likeness (QED) is 0.657. The first kappa shape index (κ1) is 19.1. The summed E-state index contributed by atoms with van der Waals surface area (Å²) in [7, 11) is 3.22. The van der Waals surface area contributed by atoms with Gasteiger partial charge in [-0.2, -0.15) is 0 Å². The van der Waals surface area contributed by atoms with Gasteiger partial charge >= 0.3 is 0 Å². The number of carbonyl (C=O) groups is 1. The van der Waals surface area contributed by atoms with Crippen molar-refractivity contribution in [2.45, 2.75) is 19.1 Å². The molecule has 29 heavy (non-hydrogen) atoms. The van der Waals surface area contributed by atoms with Crippen LogP contribution in [-0.2, 0) is 5.79 Å². The molecule has 1 amide bonds. The highest BCUT2D eigenvalue weighted by Gasteiger charge is 2.42. The van der Waals surface area contributed by atoms with Crippen molar-refractivity contribution < 1.29 is 28.2 Å². The van der Waals surface area contributed by atoms with Crippen LogP contribution in [0, 0.1) is 18.6 Å². The monoisotopic (exact) mass is 403 g/mol. The maximum Gasteiger partial charge on any atom is 0.253 e. The highest BCUT2D eigenvalue weighted by molar-refractivity contribution is 5.99. The van der Waals surface area contributed by atoms with Crippen molar-refractivity contribution >= 4 is 16.9 Å². The number of aromatic amines is 1. The molecule has 1 unspecified atom stereocenters. The Labute approximate surface area is 164 Å². The van der Waals surface area contributed by atoms with E-state index in [9.17, 15) is 18.7 Å². The molecule has 0 spiro atoms. The predicted molar refractivity (Wildman–Crippen MR) is 99.8 cm³/mol. The second-order valence-corrected chi connectivity index (χ2v) is 7.14. The number of hydrogen-bond acceptors (Lipinski definition) is 5. The molecule has 0 aliphatic carbocycles. The van der Waals surface area contributed by atoms with Crippen molar-refractivity contribution in [2.24, 2.45) is 0 Å². The van der Waals surface area contributed by atoms with Crippen LogP contribution in [0.3, 0.4) is 0 Å². The zero-order valence-electron chi connectivity index (χ0n) is 16.0. The highest BCUT2D eigenvalue weighted by atomic mass is 19.1. The Morgan fingerprint density at radius 2 is 2.07 bits per heavy atom. The number of benzene rings is 2. The van der Waals surface area contributed by atoms with Gasteiger partial charge in [0.05, 0.1) is 18.5 Å². The van der Waals surface area contributed by atoms with Gasteiger partial charge in [0, 0.05) is 31.8 Å². The largest absolute Gasteiger partial charge is 0.493 e. The summed E-state index contributed by atoms with van der Waals surface area (Å²) in [6.45, 7) is 1.73. The standard InChI is InChI=1S/C20H19F2N3O4/c1-10-23-14-6-11(19(26)25(2)3)7-16(18(14)24-10)29-20(27)4-5-28-15-9-12(21)8-13(22)17(15)20/h6-9,27H,4-5H2,1-3H3,(H,23,24). The second kappa shape index (κ2) is 6.70. The summed E-state index contributed by atoms with van der Waals surface area (Å²) in [6.07, 6.45) is -0.0979. The Hall–Kier alpha value is -3.20. The van der Waals surface area contributed by atoms with Gasteiger partial charge in [0.2, 0.25) is 5.79 Å². The number of rotatable bonds is 3. The molecule has 1 aromatic heterocycles. The number of fused-ring (bicyclic) bond motifs is 2. The lowest BCUT2D eigenvalue weighted by Gasteiger charge is -2.34. The maximum atomic E-state index is 14.5. The van der Waals surface area contributed by atoms with Crippen LogP contribution in [0.5, 0.6) is 11.5 Å². The van der Waals surface area contributed by atoms with Crippen molar-refractivity contribution in [3.63, 3.8) is 0 Å². The van der Waals surface area contributed by atoms with E-state index in [-0.39, 0.29) is 36.0 Å². The SMILES string of the molecule is Cc1nc2c(OC3(O)CCOc4cc(F)cc(F)c43)cc(C(=O)N(C)C)cc2[nH]1. The summed E-state index contributed by atoms with van der Waals surface area (Å²) >= 11 is 0. The third-order valence-electron chi connectivity index (χ3n) is 4.71. The number of nitrogens with one attached hydrogen (secondary N) is 1. The first-order chi connectivity index (χ1) is 13.7. The zero-order valence-corrected chi connectivity index (χ0v) is 16.0. The van der Waals surface area contributed by atoms with E-state index >= 15 is 0 Å². The molecular weight excluding hydrogens is 384 g/mol. The van der Waals surface area contributed by atoms with Gasteiger partial charge in [0.15, 0.2) is 5.75 Å². The molecule has 1 aliphatic heterocycles. The molecule has 4 rings (SSSR count). The minimum Gasteiger partial charge on any atom is -0.493 e.